The Morgan fingerprint density at radius 1 is 1.19 bits per heavy atom. The summed E-state index contributed by atoms with van der Waals surface area (Å²) in [6.45, 7) is 7.64. The Morgan fingerprint density at radius 2 is 1.96 bits per heavy atom. The van der Waals surface area contributed by atoms with Crippen LogP contribution in [0.4, 0.5) is 0 Å². The van der Waals surface area contributed by atoms with Gasteiger partial charge in [0.1, 0.15) is 6.04 Å². The van der Waals surface area contributed by atoms with Gasteiger partial charge < -0.3 is 10.1 Å². The zero-order valence-electron chi connectivity index (χ0n) is 15.8. The van der Waals surface area contributed by atoms with Gasteiger partial charge in [0, 0.05) is 7.11 Å². The number of aryl methyl sites for hydroxylation is 2. The molecule has 0 amide bonds. The van der Waals surface area contributed by atoms with Crippen LogP contribution >= 0.6 is 0 Å². The first kappa shape index (κ1) is 18.3. The molecular weight excluding hydrogens is 326 g/mol. The number of ether oxygens (including phenoxy) is 1. The summed E-state index contributed by atoms with van der Waals surface area (Å²) < 4.78 is 6.92. The molecule has 0 spiro atoms. The third-order valence-electron chi connectivity index (χ3n) is 4.64. The first-order chi connectivity index (χ1) is 12.5. The Balaban J connectivity index is 2.22. The number of methoxy groups -OCH3 is 1. The molecule has 2 aromatic carbocycles. The summed E-state index contributed by atoms with van der Waals surface area (Å²) in [5.41, 5.74) is 3.84. The van der Waals surface area contributed by atoms with Gasteiger partial charge in [0.15, 0.2) is 5.82 Å². The smallest absolute Gasteiger partial charge is 0.266 e. The molecule has 0 aliphatic rings. The SMILES string of the molecule is COCC[NH2+][C@H](C)c1nc2ccccc2c(=O)n1-c1ccc(C)cc1C. The molecule has 0 saturated heterocycles. The molecule has 0 radical (unpaired) electrons. The van der Waals surface area contributed by atoms with Crippen molar-refractivity contribution in [2.24, 2.45) is 0 Å². The lowest BCUT2D eigenvalue weighted by atomic mass is 10.1. The van der Waals surface area contributed by atoms with Crippen LogP contribution in [0.25, 0.3) is 16.6 Å². The van der Waals surface area contributed by atoms with Crippen molar-refractivity contribution in [3.05, 3.63) is 69.8 Å². The Labute approximate surface area is 153 Å². The van der Waals surface area contributed by atoms with Crippen molar-refractivity contribution in [1.29, 1.82) is 0 Å². The van der Waals surface area contributed by atoms with Crippen molar-refractivity contribution in [1.82, 2.24) is 9.55 Å². The fourth-order valence-electron chi connectivity index (χ4n) is 3.29. The number of hydrogen-bond acceptors (Lipinski definition) is 3. The molecule has 0 fully saturated rings. The highest BCUT2D eigenvalue weighted by Gasteiger charge is 2.20. The highest BCUT2D eigenvalue weighted by Crippen LogP contribution is 2.19. The van der Waals surface area contributed by atoms with Crippen molar-refractivity contribution in [2.45, 2.75) is 26.8 Å². The average Bonchev–Trinajstić information content (AvgIpc) is 2.62. The second-order valence-corrected chi connectivity index (χ2v) is 6.72. The van der Waals surface area contributed by atoms with Crippen LogP contribution in [0.1, 0.15) is 29.9 Å². The van der Waals surface area contributed by atoms with E-state index >= 15 is 0 Å². The predicted molar refractivity (Wildman–Crippen MR) is 104 cm³/mol. The van der Waals surface area contributed by atoms with E-state index in [-0.39, 0.29) is 11.6 Å². The molecule has 1 aromatic heterocycles. The first-order valence-electron chi connectivity index (χ1n) is 8.94. The van der Waals surface area contributed by atoms with E-state index in [0.717, 1.165) is 29.1 Å². The van der Waals surface area contributed by atoms with Crippen LogP contribution in [0.15, 0.2) is 47.3 Å². The van der Waals surface area contributed by atoms with Crippen LogP contribution in [0, 0.1) is 13.8 Å². The standard InChI is InChI=1S/C21H25N3O2/c1-14-9-10-19(15(2)13-14)24-20(16(3)22-11-12-26-4)23-18-8-6-5-7-17(18)21(24)25/h5-10,13,16,22H,11-12H2,1-4H3/p+1/t16-/m1/s1. The Morgan fingerprint density at radius 3 is 2.69 bits per heavy atom. The number of para-hydroxylation sites is 1. The van der Waals surface area contributed by atoms with E-state index in [1.807, 2.05) is 43.3 Å². The maximum Gasteiger partial charge on any atom is 0.266 e. The van der Waals surface area contributed by atoms with Gasteiger partial charge in [0.25, 0.3) is 5.56 Å². The topological polar surface area (TPSA) is 60.7 Å². The molecule has 1 atom stereocenters. The molecule has 26 heavy (non-hydrogen) atoms. The molecule has 3 rings (SSSR count). The number of hydrogen-bond donors (Lipinski definition) is 1. The third kappa shape index (κ3) is 3.54. The van der Waals surface area contributed by atoms with Crippen molar-refractivity contribution < 1.29 is 10.1 Å². The molecular formula is C21H26N3O2+. The molecule has 5 nitrogen and oxygen atoms in total. The monoisotopic (exact) mass is 352 g/mol. The van der Waals surface area contributed by atoms with Gasteiger partial charge >= 0.3 is 0 Å². The molecule has 0 unspecified atom stereocenters. The summed E-state index contributed by atoms with van der Waals surface area (Å²) >= 11 is 0. The fourth-order valence-corrected chi connectivity index (χ4v) is 3.29. The molecule has 0 aliphatic carbocycles. The molecule has 136 valence electrons. The Hall–Kier alpha value is -2.50. The Kier molecular flexibility index (Phi) is 5.49. The molecule has 0 saturated carbocycles. The van der Waals surface area contributed by atoms with E-state index in [1.54, 1.807) is 11.7 Å². The molecule has 1 heterocycles. The molecule has 0 aliphatic heterocycles. The van der Waals surface area contributed by atoms with Gasteiger partial charge in [-0.15, -0.1) is 0 Å². The minimum absolute atomic E-state index is 0.0236. The molecule has 0 bridgehead atoms. The van der Waals surface area contributed by atoms with Crippen LogP contribution in [0.2, 0.25) is 0 Å². The van der Waals surface area contributed by atoms with E-state index in [4.69, 9.17) is 9.72 Å². The first-order valence-corrected chi connectivity index (χ1v) is 8.94. The highest BCUT2D eigenvalue weighted by molar-refractivity contribution is 5.78. The van der Waals surface area contributed by atoms with Gasteiger partial charge in [-0.05, 0) is 44.5 Å². The number of rotatable bonds is 6. The van der Waals surface area contributed by atoms with Crippen LogP contribution < -0.4 is 10.9 Å². The van der Waals surface area contributed by atoms with Gasteiger partial charge in [-0.25, -0.2) is 4.98 Å². The largest absolute Gasteiger partial charge is 0.379 e. The third-order valence-corrected chi connectivity index (χ3v) is 4.64. The summed E-state index contributed by atoms with van der Waals surface area (Å²) in [5, 5.41) is 2.79. The number of nitrogens with two attached hydrogens (primary N) is 1. The maximum atomic E-state index is 13.3. The average molecular weight is 352 g/mol. The molecule has 5 heteroatoms. The van der Waals surface area contributed by atoms with Gasteiger partial charge in [0.2, 0.25) is 0 Å². The van der Waals surface area contributed by atoms with Crippen LogP contribution in [-0.2, 0) is 4.74 Å². The van der Waals surface area contributed by atoms with Crippen molar-refractivity contribution >= 4 is 10.9 Å². The van der Waals surface area contributed by atoms with E-state index in [2.05, 4.69) is 25.2 Å². The maximum absolute atomic E-state index is 13.3. The zero-order valence-corrected chi connectivity index (χ0v) is 15.8. The quantitative estimate of drug-likeness (QED) is 0.693. The van der Waals surface area contributed by atoms with E-state index in [9.17, 15) is 4.79 Å². The molecule has 3 aromatic rings. The summed E-state index contributed by atoms with van der Waals surface area (Å²) in [5.74, 6) is 0.761. The number of fused-ring (bicyclic) bond motifs is 1. The number of benzene rings is 2. The summed E-state index contributed by atoms with van der Waals surface area (Å²) in [6, 6.07) is 13.7. The van der Waals surface area contributed by atoms with Crippen molar-refractivity contribution in [2.75, 3.05) is 20.3 Å². The second kappa shape index (κ2) is 7.81. The van der Waals surface area contributed by atoms with Gasteiger partial charge in [-0.3, -0.25) is 9.36 Å². The summed E-state index contributed by atoms with van der Waals surface area (Å²) in [7, 11) is 1.69. The number of quaternary nitrogens is 1. The fraction of sp³-hybridized carbons (Fsp3) is 0.333. The lowest BCUT2D eigenvalue weighted by Gasteiger charge is -2.19. The lowest BCUT2D eigenvalue weighted by molar-refractivity contribution is -0.695. The zero-order chi connectivity index (χ0) is 18.7. The lowest BCUT2D eigenvalue weighted by Crippen LogP contribution is -2.86. The highest BCUT2D eigenvalue weighted by atomic mass is 16.5. The summed E-state index contributed by atoms with van der Waals surface area (Å²) in [6.07, 6.45) is 0. The number of aromatic nitrogens is 2. The van der Waals surface area contributed by atoms with Crippen molar-refractivity contribution in [3.63, 3.8) is 0 Å². The minimum atomic E-state index is -0.0236. The second-order valence-electron chi connectivity index (χ2n) is 6.72. The van der Waals surface area contributed by atoms with E-state index in [1.165, 1.54) is 5.56 Å². The Bertz CT molecular complexity index is 979. The van der Waals surface area contributed by atoms with Gasteiger partial charge in [-0.1, -0.05) is 29.8 Å². The number of nitrogens with zero attached hydrogens (tertiary/aromatic N) is 2. The van der Waals surface area contributed by atoms with E-state index in [0.29, 0.717) is 12.0 Å². The minimum Gasteiger partial charge on any atom is -0.379 e. The van der Waals surface area contributed by atoms with Gasteiger partial charge in [0.05, 0.1) is 29.7 Å². The predicted octanol–water partition coefficient (Wildman–Crippen LogP) is 2.27. The normalized spacial score (nSPS) is 12.5. The van der Waals surface area contributed by atoms with Crippen LogP contribution in [0.5, 0.6) is 0 Å². The summed E-state index contributed by atoms with van der Waals surface area (Å²) in [4.78, 5) is 18.2. The van der Waals surface area contributed by atoms with Crippen LogP contribution in [0.3, 0.4) is 0 Å². The van der Waals surface area contributed by atoms with Gasteiger partial charge in [-0.2, -0.15) is 0 Å². The van der Waals surface area contributed by atoms with Crippen LogP contribution in [-0.4, -0.2) is 29.8 Å². The van der Waals surface area contributed by atoms with E-state index < -0.39 is 0 Å². The molecule has 2 N–H and O–H groups in total. The van der Waals surface area contributed by atoms with Crippen molar-refractivity contribution in [3.8, 4) is 5.69 Å².